The molecule has 1 aliphatic rings. The minimum absolute atomic E-state index is 0.0458. The summed E-state index contributed by atoms with van der Waals surface area (Å²) in [5.74, 6) is 1.17. The van der Waals surface area contributed by atoms with Crippen LogP contribution in [0.2, 0.25) is 0 Å². The van der Waals surface area contributed by atoms with E-state index < -0.39 is 0 Å². The van der Waals surface area contributed by atoms with E-state index >= 15 is 0 Å². The van der Waals surface area contributed by atoms with Gasteiger partial charge in [-0.15, -0.1) is 0 Å². The number of benzene rings is 2. The predicted molar refractivity (Wildman–Crippen MR) is 116 cm³/mol. The number of carbonyl (C=O) groups is 1. The zero-order valence-electron chi connectivity index (χ0n) is 16.8. The number of carbonyl (C=O) groups excluding carboxylic acids is 1. The largest absolute Gasteiger partial charge is 0.368 e. The van der Waals surface area contributed by atoms with Crippen LogP contribution in [0.1, 0.15) is 21.9 Å². The van der Waals surface area contributed by atoms with Gasteiger partial charge in [-0.2, -0.15) is 0 Å². The van der Waals surface area contributed by atoms with Crippen molar-refractivity contribution in [2.24, 2.45) is 0 Å². The first-order valence-corrected chi connectivity index (χ1v) is 9.87. The Balaban J connectivity index is 1.45. The maximum absolute atomic E-state index is 13.0. The Hall–Kier alpha value is -3.41. The second-order valence-corrected chi connectivity index (χ2v) is 7.29. The van der Waals surface area contributed by atoms with Crippen molar-refractivity contribution in [3.8, 4) is 0 Å². The molecule has 1 fully saturated rings. The summed E-state index contributed by atoms with van der Waals surface area (Å²) in [6.45, 7) is 6.84. The van der Waals surface area contributed by atoms with Gasteiger partial charge in [-0.3, -0.25) is 4.79 Å². The number of aromatic nitrogens is 2. The van der Waals surface area contributed by atoms with E-state index in [9.17, 15) is 4.79 Å². The molecular formula is C23H25N5O. The van der Waals surface area contributed by atoms with E-state index in [0.29, 0.717) is 30.4 Å². The Morgan fingerprint density at radius 2 is 1.66 bits per heavy atom. The highest BCUT2D eigenvalue weighted by molar-refractivity contribution is 5.93. The number of hydrogen-bond donors (Lipinski definition) is 1. The molecule has 1 saturated heterocycles. The van der Waals surface area contributed by atoms with Gasteiger partial charge in [0.2, 0.25) is 0 Å². The first-order chi connectivity index (χ1) is 14.1. The van der Waals surface area contributed by atoms with Crippen LogP contribution in [0.25, 0.3) is 0 Å². The molecule has 6 heteroatoms. The quantitative estimate of drug-likeness (QED) is 0.738. The maximum atomic E-state index is 13.0. The topological polar surface area (TPSA) is 61.4 Å². The number of nitrogens with one attached hydrogen (secondary N) is 1. The Morgan fingerprint density at radius 1 is 0.897 bits per heavy atom. The van der Waals surface area contributed by atoms with Crippen LogP contribution in [0.3, 0.4) is 0 Å². The van der Waals surface area contributed by atoms with E-state index in [2.05, 4.69) is 32.3 Å². The summed E-state index contributed by atoms with van der Waals surface area (Å²) in [4.78, 5) is 26.0. The van der Waals surface area contributed by atoms with Crippen molar-refractivity contribution >= 4 is 23.1 Å². The smallest absolute Gasteiger partial charge is 0.272 e. The van der Waals surface area contributed by atoms with E-state index in [0.717, 1.165) is 24.3 Å². The molecule has 3 aromatic rings. The van der Waals surface area contributed by atoms with Crippen molar-refractivity contribution in [1.29, 1.82) is 0 Å². The fraction of sp³-hybridized carbons (Fsp3) is 0.261. The summed E-state index contributed by atoms with van der Waals surface area (Å²) in [5.41, 5.74) is 3.73. The van der Waals surface area contributed by atoms with E-state index in [4.69, 9.17) is 0 Å². The third kappa shape index (κ3) is 4.54. The van der Waals surface area contributed by atoms with Gasteiger partial charge in [-0.1, -0.05) is 30.3 Å². The van der Waals surface area contributed by atoms with Gasteiger partial charge in [0, 0.05) is 43.6 Å². The second kappa shape index (κ2) is 8.31. The summed E-state index contributed by atoms with van der Waals surface area (Å²) >= 11 is 0. The normalized spacial score (nSPS) is 14.0. The molecule has 2 heterocycles. The maximum Gasteiger partial charge on any atom is 0.272 e. The van der Waals surface area contributed by atoms with Crippen LogP contribution >= 0.6 is 0 Å². The fourth-order valence-corrected chi connectivity index (χ4v) is 3.58. The van der Waals surface area contributed by atoms with E-state index in [-0.39, 0.29) is 5.91 Å². The molecular weight excluding hydrogens is 362 g/mol. The van der Waals surface area contributed by atoms with E-state index in [1.54, 1.807) is 6.07 Å². The van der Waals surface area contributed by atoms with Gasteiger partial charge in [0.25, 0.3) is 5.91 Å². The molecule has 0 aliphatic carbocycles. The summed E-state index contributed by atoms with van der Waals surface area (Å²) in [7, 11) is 0. The first kappa shape index (κ1) is 18.9. The number of aryl methyl sites for hydroxylation is 2. The zero-order chi connectivity index (χ0) is 20.2. The van der Waals surface area contributed by atoms with Crippen LogP contribution in [0.4, 0.5) is 17.2 Å². The van der Waals surface area contributed by atoms with Gasteiger partial charge in [0.05, 0.1) is 0 Å². The highest BCUT2D eigenvalue weighted by Gasteiger charge is 2.23. The van der Waals surface area contributed by atoms with Crippen molar-refractivity contribution in [3.05, 3.63) is 77.7 Å². The fourth-order valence-electron chi connectivity index (χ4n) is 3.58. The van der Waals surface area contributed by atoms with Gasteiger partial charge in [-0.25, -0.2) is 9.97 Å². The Bertz CT molecular complexity index is 997. The van der Waals surface area contributed by atoms with Gasteiger partial charge in [0.1, 0.15) is 17.3 Å². The summed E-state index contributed by atoms with van der Waals surface area (Å²) in [6.07, 6.45) is 0. The lowest BCUT2D eigenvalue weighted by Crippen LogP contribution is -2.49. The molecule has 4 rings (SSSR count). The van der Waals surface area contributed by atoms with E-state index in [1.807, 2.05) is 61.2 Å². The van der Waals surface area contributed by atoms with Crippen molar-refractivity contribution < 1.29 is 4.79 Å². The lowest BCUT2D eigenvalue weighted by Gasteiger charge is -2.36. The van der Waals surface area contributed by atoms with Gasteiger partial charge >= 0.3 is 0 Å². The molecule has 2 aromatic carbocycles. The highest BCUT2D eigenvalue weighted by Crippen LogP contribution is 2.19. The van der Waals surface area contributed by atoms with Crippen LogP contribution < -0.4 is 10.2 Å². The molecule has 0 radical (unpaired) electrons. The molecule has 1 amide bonds. The van der Waals surface area contributed by atoms with Crippen LogP contribution in [0.15, 0.2) is 60.7 Å². The lowest BCUT2D eigenvalue weighted by atomic mass is 10.2. The average Bonchev–Trinajstić information content (AvgIpc) is 2.73. The molecule has 1 aromatic heterocycles. The molecule has 1 N–H and O–H groups in total. The SMILES string of the molecule is Cc1cccc(Nc2cc(C(=O)N3CCN(c4ccccc4)CC3)nc(C)n2)c1. The van der Waals surface area contributed by atoms with Crippen molar-refractivity contribution in [2.45, 2.75) is 13.8 Å². The van der Waals surface area contributed by atoms with Gasteiger partial charge in [-0.05, 0) is 43.7 Å². The van der Waals surface area contributed by atoms with Crippen molar-refractivity contribution in [3.63, 3.8) is 0 Å². The highest BCUT2D eigenvalue weighted by atomic mass is 16.2. The minimum atomic E-state index is -0.0458. The number of amides is 1. The Morgan fingerprint density at radius 3 is 2.38 bits per heavy atom. The van der Waals surface area contributed by atoms with Crippen LogP contribution in [-0.2, 0) is 0 Å². The van der Waals surface area contributed by atoms with Gasteiger partial charge < -0.3 is 15.1 Å². The van der Waals surface area contributed by atoms with Crippen molar-refractivity contribution in [2.75, 3.05) is 36.4 Å². The molecule has 1 aliphatic heterocycles. The minimum Gasteiger partial charge on any atom is -0.368 e. The van der Waals surface area contributed by atoms with E-state index in [1.165, 1.54) is 5.69 Å². The second-order valence-electron chi connectivity index (χ2n) is 7.29. The Labute approximate surface area is 171 Å². The number of hydrogen-bond acceptors (Lipinski definition) is 5. The summed E-state index contributed by atoms with van der Waals surface area (Å²) in [6, 6.07) is 20.1. The number of rotatable bonds is 4. The first-order valence-electron chi connectivity index (χ1n) is 9.87. The third-order valence-electron chi connectivity index (χ3n) is 5.04. The predicted octanol–water partition coefficient (Wildman–Crippen LogP) is 3.80. The van der Waals surface area contributed by atoms with Crippen LogP contribution in [0, 0.1) is 13.8 Å². The molecule has 148 valence electrons. The molecule has 0 spiro atoms. The van der Waals surface area contributed by atoms with Crippen molar-refractivity contribution in [1.82, 2.24) is 14.9 Å². The molecule has 0 atom stereocenters. The molecule has 0 saturated carbocycles. The number of piperazine rings is 1. The average molecular weight is 387 g/mol. The third-order valence-corrected chi connectivity index (χ3v) is 5.04. The number of anilines is 3. The van der Waals surface area contributed by atoms with Crippen LogP contribution in [0.5, 0.6) is 0 Å². The molecule has 6 nitrogen and oxygen atoms in total. The zero-order valence-corrected chi connectivity index (χ0v) is 16.8. The number of para-hydroxylation sites is 1. The Kier molecular flexibility index (Phi) is 5.42. The monoisotopic (exact) mass is 387 g/mol. The van der Waals surface area contributed by atoms with Gasteiger partial charge in [0.15, 0.2) is 0 Å². The summed E-state index contributed by atoms with van der Waals surface area (Å²) < 4.78 is 0. The number of nitrogens with zero attached hydrogens (tertiary/aromatic N) is 4. The lowest BCUT2D eigenvalue weighted by molar-refractivity contribution is 0.0740. The summed E-state index contributed by atoms with van der Waals surface area (Å²) in [5, 5.41) is 3.28. The molecule has 0 bridgehead atoms. The van der Waals surface area contributed by atoms with Crippen LogP contribution in [-0.4, -0.2) is 47.0 Å². The molecule has 0 unspecified atom stereocenters. The standard InChI is InChI=1S/C23H25N5O/c1-17-7-6-8-19(15-17)26-22-16-21(24-18(2)25-22)23(29)28-13-11-27(12-14-28)20-9-4-3-5-10-20/h3-10,15-16H,11-14H2,1-2H3,(H,24,25,26). The molecule has 29 heavy (non-hydrogen) atoms.